The highest BCUT2D eigenvalue weighted by Gasteiger charge is 2.74. The number of benzene rings is 2. The van der Waals surface area contributed by atoms with Gasteiger partial charge in [-0.3, -0.25) is 14.4 Å². The van der Waals surface area contributed by atoms with Gasteiger partial charge in [0.15, 0.2) is 0 Å². The van der Waals surface area contributed by atoms with Crippen LogP contribution in [0.2, 0.25) is 0 Å². The molecule has 2 saturated heterocycles. The van der Waals surface area contributed by atoms with Crippen molar-refractivity contribution < 1.29 is 24.2 Å². The van der Waals surface area contributed by atoms with Gasteiger partial charge in [0.05, 0.1) is 34.7 Å². The highest BCUT2D eigenvalue weighted by molar-refractivity contribution is 8.02. The normalized spacial score (nSPS) is 31.0. The number of carbonyl (C=O) groups is 3. The molecule has 2 amide bonds. The van der Waals surface area contributed by atoms with Gasteiger partial charge in [-0.15, -0.1) is 16.9 Å². The van der Waals surface area contributed by atoms with E-state index in [1.54, 1.807) is 14.5 Å². The molecule has 1 unspecified atom stereocenters. The molecule has 42 heavy (non-hydrogen) atoms. The molecule has 0 bridgehead atoms. The molecule has 3 aromatic rings. The summed E-state index contributed by atoms with van der Waals surface area (Å²) < 4.78 is 5.43. The number of para-hydroxylation sites is 1. The molecule has 6 atom stereocenters. The number of hydrogen-bond acceptors (Lipinski definition) is 8. The van der Waals surface area contributed by atoms with Gasteiger partial charge in [-0.1, -0.05) is 65.9 Å². The number of fused-ring (bicyclic) bond motifs is 3. The van der Waals surface area contributed by atoms with Crippen LogP contribution in [-0.4, -0.2) is 89.0 Å². The van der Waals surface area contributed by atoms with E-state index in [1.165, 1.54) is 11.8 Å². The van der Waals surface area contributed by atoms with Crippen molar-refractivity contribution in [2.24, 2.45) is 11.8 Å². The Balaban J connectivity index is 1.33. The summed E-state index contributed by atoms with van der Waals surface area (Å²) in [5.41, 5.74) is 2.45. The van der Waals surface area contributed by atoms with E-state index in [9.17, 15) is 19.5 Å². The minimum Gasteiger partial charge on any atom is -0.461 e. The summed E-state index contributed by atoms with van der Waals surface area (Å²) in [6.45, 7) is 2.20. The number of aliphatic hydroxyl groups is 1. The second kappa shape index (κ2) is 10.1. The Hall–Kier alpha value is -3.96. The van der Waals surface area contributed by atoms with Crippen LogP contribution in [0.4, 0.5) is 0 Å². The van der Waals surface area contributed by atoms with Crippen molar-refractivity contribution in [3.05, 3.63) is 84.5 Å². The molecule has 0 aliphatic carbocycles. The maximum atomic E-state index is 14.7. The van der Waals surface area contributed by atoms with Gasteiger partial charge in [0.1, 0.15) is 24.8 Å². The Morgan fingerprint density at radius 1 is 1.02 bits per heavy atom. The number of thioether (sulfide) groups is 1. The Kier molecular flexibility index (Phi) is 6.47. The van der Waals surface area contributed by atoms with Gasteiger partial charge in [-0.05, 0) is 37.1 Å². The highest BCUT2D eigenvalue weighted by Crippen LogP contribution is 2.65. The summed E-state index contributed by atoms with van der Waals surface area (Å²) in [4.78, 5) is 46.0. The quantitative estimate of drug-likeness (QED) is 0.346. The Morgan fingerprint density at radius 3 is 2.62 bits per heavy atom. The van der Waals surface area contributed by atoms with Crippen molar-refractivity contribution in [2.45, 2.75) is 41.6 Å². The summed E-state index contributed by atoms with van der Waals surface area (Å²) in [6, 6.07) is 15.5. The number of hydrogen-bond donors (Lipinski definition) is 1. The van der Waals surface area contributed by atoms with Gasteiger partial charge in [0, 0.05) is 11.3 Å². The lowest BCUT2D eigenvalue weighted by Crippen LogP contribution is -2.57. The molecule has 10 nitrogen and oxygen atoms in total. The number of ether oxygens (including phenoxy) is 1. The van der Waals surface area contributed by atoms with Crippen molar-refractivity contribution in [3.63, 3.8) is 0 Å². The van der Waals surface area contributed by atoms with E-state index in [-0.39, 0.29) is 31.7 Å². The average Bonchev–Trinajstić information content (AvgIpc) is 3.52. The third kappa shape index (κ3) is 4.01. The minimum absolute atomic E-state index is 0.138. The van der Waals surface area contributed by atoms with E-state index in [0.29, 0.717) is 13.0 Å². The summed E-state index contributed by atoms with van der Waals surface area (Å²) in [6.07, 6.45) is 8.01. The molecule has 5 heterocycles. The number of cyclic esters (lactones) is 1. The zero-order chi connectivity index (χ0) is 29.1. The van der Waals surface area contributed by atoms with Gasteiger partial charge >= 0.3 is 5.97 Å². The number of likely N-dealkylation sites (tertiary alicyclic amines) is 1. The summed E-state index contributed by atoms with van der Waals surface area (Å²) in [5, 5.41) is 19.2. The highest BCUT2D eigenvalue weighted by atomic mass is 32.2. The van der Waals surface area contributed by atoms with Gasteiger partial charge in [0.2, 0.25) is 11.8 Å². The molecule has 1 N–H and O–H groups in total. The van der Waals surface area contributed by atoms with Crippen LogP contribution < -0.4 is 0 Å². The van der Waals surface area contributed by atoms with Gasteiger partial charge in [-0.25, -0.2) is 4.68 Å². The fraction of sp³-hybridized carbons (Fsp3) is 0.387. The van der Waals surface area contributed by atoms with E-state index >= 15 is 0 Å². The average molecular weight is 586 g/mol. The zero-order valence-electron chi connectivity index (χ0n) is 23.1. The van der Waals surface area contributed by atoms with Gasteiger partial charge in [-0.2, -0.15) is 0 Å². The summed E-state index contributed by atoms with van der Waals surface area (Å²) in [7, 11) is 0. The maximum Gasteiger partial charge on any atom is 0.311 e. The van der Waals surface area contributed by atoms with E-state index in [0.717, 1.165) is 16.6 Å². The Labute approximate surface area is 247 Å². The standard InChI is InChI=1S/C31H31N5O5S/c1-30-13-8-16-41-29(40)25(30)24-27(38)36(21(18-37)17-20-9-3-2-4-10-20)26-28(39)34(15-7-14-31(24,26)42-30)19-35-23-12-6-5-11-22(23)32-33-35/h2-14,21,24-26,37H,15-19H2,1H3/t21-,24+,25-,26?,30+,31+/m1/s1. The number of carbonyl (C=O) groups excluding carboxylic acids is 3. The van der Waals surface area contributed by atoms with Crippen LogP contribution in [0.1, 0.15) is 12.5 Å². The predicted octanol–water partition coefficient (Wildman–Crippen LogP) is 2.19. The first-order valence-corrected chi connectivity index (χ1v) is 14.9. The molecule has 0 radical (unpaired) electrons. The fourth-order valence-electron chi connectivity index (χ4n) is 7.18. The molecule has 2 fully saturated rings. The number of aliphatic hydroxyl groups excluding tert-OH is 1. The summed E-state index contributed by atoms with van der Waals surface area (Å²) in [5.74, 6) is -2.61. The van der Waals surface area contributed by atoms with E-state index in [1.807, 2.05) is 85.8 Å². The first kappa shape index (κ1) is 26.9. The smallest absolute Gasteiger partial charge is 0.311 e. The first-order chi connectivity index (χ1) is 20.4. The zero-order valence-corrected chi connectivity index (χ0v) is 23.9. The van der Waals surface area contributed by atoms with Gasteiger partial charge < -0.3 is 19.6 Å². The van der Waals surface area contributed by atoms with E-state index in [2.05, 4.69) is 10.3 Å². The third-order valence-electron chi connectivity index (χ3n) is 8.98. The number of nitrogens with zero attached hydrogens (tertiary/aromatic N) is 5. The van der Waals surface area contributed by atoms with Crippen LogP contribution in [-0.2, 0) is 32.2 Å². The van der Waals surface area contributed by atoms with Crippen molar-refractivity contribution >= 4 is 40.6 Å². The second-order valence-electron chi connectivity index (χ2n) is 11.5. The van der Waals surface area contributed by atoms with Crippen LogP contribution >= 0.6 is 11.8 Å². The molecular weight excluding hydrogens is 554 g/mol. The molecule has 216 valence electrons. The minimum atomic E-state index is -1.03. The monoisotopic (exact) mass is 585 g/mol. The molecule has 4 aliphatic heterocycles. The maximum absolute atomic E-state index is 14.7. The van der Waals surface area contributed by atoms with Gasteiger partial charge in [0.25, 0.3) is 0 Å². The number of aromatic nitrogens is 3. The van der Waals surface area contributed by atoms with Crippen molar-refractivity contribution in [1.29, 1.82) is 0 Å². The lowest BCUT2D eigenvalue weighted by Gasteiger charge is -2.39. The second-order valence-corrected chi connectivity index (χ2v) is 13.3. The largest absolute Gasteiger partial charge is 0.461 e. The molecule has 1 aromatic heterocycles. The number of rotatable bonds is 6. The van der Waals surface area contributed by atoms with Crippen molar-refractivity contribution in [2.75, 3.05) is 19.8 Å². The number of amides is 2. The summed E-state index contributed by atoms with van der Waals surface area (Å²) >= 11 is 1.49. The molecule has 4 aliphatic rings. The Morgan fingerprint density at radius 2 is 1.81 bits per heavy atom. The topological polar surface area (TPSA) is 118 Å². The Bertz CT molecular complexity index is 1620. The van der Waals surface area contributed by atoms with Crippen molar-refractivity contribution in [1.82, 2.24) is 24.8 Å². The lowest BCUT2D eigenvalue weighted by atomic mass is 9.75. The molecule has 1 spiro atoms. The van der Waals surface area contributed by atoms with E-state index in [4.69, 9.17) is 4.74 Å². The molecule has 7 rings (SSSR count). The fourth-order valence-corrected chi connectivity index (χ4v) is 9.32. The molecular formula is C31H31N5O5S. The van der Waals surface area contributed by atoms with Crippen molar-refractivity contribution in [3.8, 4) is 0 Å². The van der Waals surface area contributed by atoms with Crippen LogP contribution in [0.25, 0.3) is 11.0 Å². The molecule has 0 saturated carbocycles. The van der Waals surface area contributed by atoms with E-state index < -0.39 is 39.4 Å². The molecule has 2 aromatic carbocycles. The van der Waals surface area contributed by atoms with Crippen LogP contribution in [0.15, 0.2) is 78.9 Å². The SMILES string of the molecule is C[C@]12C=CCOC(=O)[C@H]1[C@H]1C(=O)N([C@@H](CO)Cc3ccccc3)C3C(=O)N(Cn4nnc5ccccc54)CC=C[C@@]31S2. The van der Waals surface area contributed by atoms with Crippen LogP contribution in [0.3, 0.4) is 0 Å². The third-order valence-corrected chi connectivity index (χ3v) is 10.8. The predicted molar refractivity (Wildman–Crippen MR) is 156 cm³/mol. The molecule has 11 heteroatoms. The van der Waals surface area contributed by atoms with Crippen LogP contribution in [0, 0.1) is 11.8 Å². The van der Waals surface area contributed by atoms with Crippen LogP contribution in [0.5, 0.6) is 0 Å². The number of esters is 1. The lowest BCUT2D eigenvalue weighted by molar-refractivity contribution is -0.153. The first-order valence-electron chi connectivity index (χ1n) is 14.1.